The van der Waals surface area contributed by atoms with Gasteiger partial charge in [0.25, 0.3) is 11.8 Å². The number of carbonyl (C=O) groups excluding carboxylic acids is 2. The van der Waals surface area contributed by atoms with Crippen molar-refractivity contribution in [1.82, 2.24) is 24.9 Å². The van der Waals surface area contributed by atoms with Crippen LogP contribution in [-0.4, -0.2) is 87.7 Å². The van der Waals surface area contributed by atoms with Crippen molar-refractivity contribution in [2.24, 2.45) is 0 Å². The van der Waals surface area contributed by atoms with Gasteiger partial charge in [-0.1, -0.05) is 6.07 Å². The van der Waals surface area contributed by atoms with Crippen LogP contribution in [0.4, 0.5) is 8.78 Å². The lowest BCUT2D eigenvalue weighted by molar-refractivity contribution is 0.0608. The number of amides is 2. The first kappa shape index (κ1) is 20.4. The number of rotatable bonds is 4. The average molecular weight is 419 g/mol. The van der Waals surface area contributed by atoms with Gasteiger partial charge in [0.05, 0.1) is 18.8 Å². The molecule has 1 fully saturated rings. The molecule has 0 spiro atoms. The van der Waals surface area contributed by atoms with Crippen LogP contribution >= 0.6 is 0 Å². The third kappa shape index (κ3) is 3.80. The molecule has 1 aromatic heterocycles. The Labute approximate surface area is 172 Å². The number of fused-ring (bicyclic) bond motifs is 1. The van der Waals surface area contributed by atoms with Crippen molar-refractivity contribution in [3.8, 4) is 0 Å². The third-order valence-electron chi connectivity index (χ3n) is 5.68. The van der Waals surface area contributed by atoms with Crippen LogP contribution in [0.2, 0.25) is 0 Å². The molecule has 160 valence electrons. The van der Waals surface area contributed by atoms with Crippen molar-refractivity contribution in [1.29, 1.82) is 0 Å². The molecule has 4 rings (SSSR count). The van der Waals surface area contributed by atoms with Crippen LogP contribution in [-0.2, 0) is 13.0 Å². The van der Waals surface area contributed by atoms with Crippen molar-refractivity contribution in [2.75, 3.05) is 45.9 Å². The zero-order valence-corrected chi connectivity index (χ0v) is 16.4. The number of hydrogen-bond acceptors (Lipinski definition) is 5. The molecule has 0 bridgehead atoms. The van der Waals surface area contributed by atoms with Gasteiger partial charge < -0.3 is 14.9 Å². The second kappa shape index (κ2) is 8.49. The van der Waals surface area contributed by atoms with Crippen molar-refractivity contribution >= 4 is 11.8 Å². The molecule has 3 heterocycles. The van der Waals surface area contributed by atoms with Gasteiger partial charge in [-0.3, -0.25) is 19.6 Å². The Morgan fingerprint density at radius 1 is 1.03 bits per heavy atom. The minimum absolute atomic E-state index is 0.0901. The number of aromatic nitrogens is 2. The van der Waals surface area contributed by atoms with Crippen LogP contribution in [0.25, 0.3) is 0 Å². The molecule has 0 unspecified atom stereocenters. The smallest absolute Gasteiger partial charge is 0.274 e. The molecule has 8 nitrogen and oxygen atoms in total. The molecule has 2 aliphatic rings. The normalized spacial score (nSPS) is 17.2. The maximum Gasteiger partial charge on any atom is 0.274 e. The van der Waals surface area contributed by atoms with E-state index in [1.54, 1.807) is 4.90 Å². The molecule has 10 heteroatoms. The molecule has 2 aliphatic heterocycles. The summed E-state index contributed by atoms with van der Waals surface area (Å²) in [6.07, 6.45) is 0.374. The zero-order valence-electron chi connectivity index (χ0n) is 16.4. The second-order valence-corrected chi connectivity index (χ2v) is 7.46. The van der Waals surface area contributed by atoms with Crippen molar-refractivity contribution in [2.45, 2.75) is 13.0 Å². The number of halogens is 2. The lowest BCUT2D eigenvalue weighted by Crippen LogP contribution is -2.49. The van der Waals surface area contributed by atoms with Gasteiger partial charge in [-0.2, -0.15) is 5.10 Å². The summed E-state index contributed by atoms with van der Waals surface area (Å²) in [5.74, 6) is -2.69. The number of hydrogen-bond donors (Lipinski definition) is 2. The van der Waals surface area contributed by atoms with E-state index in [9.17, 15) is 18.4 Å². The first-order chi connectivity index (χ1) is 14.5. The van der Waals surface area contributed by atoms with Crippen molar-refractivity contribution in [3.63, 3.8) is 0 Å². The molecular weight excluding hydrogens is 396 g/mol. The van der Waals surface area contributed by atoms with Gasteiger partial charge in [-0.05, 0) is 18.6 Å². The van der Waals surface area contributed by atoms with Crippen LogP contribution in [0.5, 0.6) is 0 Å². The number of aliphatic hydroxyl groups is 1. The van der Waals surface area contributed by atoms with Gasteiger partial charge in [0.1, 0.15) is 17.2 Å². The van der Waals surface area contributed by atoms with Gasteiger partial charge >= 0.3 is 0 Å². The quantitative estimate of drug-likeness (QED) is 0.759. The lowest BCUT2D eigenvalue weighted by atomic mass is 10.0. The van der Waals surface area contributed by atoms with Crippen LogP contribution in [0.1, 0.15) is 32.1 Å². The summed E-state index contributed by atoms with van der Waals surface area (Å²) < 4.78 is 27.9. The highest BCUT2D eigenvalue weighted by molar-refractivity contribution is 5.96. The van der Waals surface area contributed by atoms with E-state index >= 15 is 0 Å². The largest absolute Gasteiger partial charge is 0.395 e. The maximum atomic E-state index is 14.0. The van der Waals surface area contributed by atoms with Gasteiger partial charge in [0.2, 0.25) is 0 Å². The van der Waals surface area contributed by atoms with E-state index in [4.69, 9.17) is 5.11 Å². The second-order valence-electron chi connectivity index (χ2n) is 7.46. The lowest BCUT2D eigenvalue weighted by Gasteiger charge is -2.34. The number of aliphatic hydroxyl groups excluding tert-OH is 1. The SMILES string of the molecule is O=C(c1n[nH]c2c1CCN(C(=O)c1c(F)cccc1F)C2)N1CCN(CCO)CC1. The first-order valence-electron chi connectivity index (χ1n) is 9.91. The molecule has 30 heavy (non-hydrogen) atoms. The highest BCUT2D eigenvalue weighted by atomic mass is 19.1. The van der Waals surface area contributed by atoms with Crippen LogP contribution in [0, 0.1) is 11.6 Å². The standard InChI is InChI=1S/C20H23F2N5O3/c21-14-2-1-3-15(22)17(14)19(29)27-5-4-13-16(12-27)23-24-18(13)20(30)26-8-6-25(7-9-26)10-11-28/h1-3,28H,4-12H2,(H,23,24). The Morgan fingerprint density at radius 2 is 1.73 bits per heavy atom. The average Bonchev–Trinajstić information content (AvgIpc) is 3.17. The van der Waals surface area contributed by atoms with Gasteiger partial charge in [0, 0.05) is 44.8 Å². The van der Waals surface area contributed by atoms with E-state index in [0.29, 0.717) is 50.5 Å². The topological polar surface area (TPSA) is 92.8 Å². The highest BCUT2D eigenvalue weighted by Crippen LogP contribution is 2.24. The Hall–Kier alpha value is -2.85. The van der Waals surface area contributed by atoms with E-state index in [-0.39, 0.29) is 25.6 Å². The van der Waals surface area contributed by atoms with E-state index in [1.165, 1.54) is 11.0 Å². The molecule has 2 N–H and O–H groups in total. The van der Waals surface area contributed by atoms with E-state index in [2.05, 4.69) is 15.1 Å². The number of H-pyrrole nitrogens is 1. The van der Waals surface area contributed by atoms with E-state index in [0.717, 1.165) is 17.7 Å². The fourth-order valence-electron chi connectivity index (χ4n) is 3.99. The number of carbonyl (C=O) groups is 2. The monoisotopic (exact) mass is 419 g/mol. The number of nitrogens with one attached hydrogen (secondary N) is 1. The molecule has 1 saturated heterocycles. The zero-order chi connectivity index (χ0) is 21.3. The minimum Gasteiger partial charge on any atom is -0.395 e. The molecular formula is C20H23F2N5O3. The predicted molar refractivity (Wildman–Crippen MR) is 103 cm³/mol. The summed E-state index contributed by atoms with van der Waals surface area (Å²) in [6, 6.07) is 3.32. The maximum absolute atomic E-state index is 14.0. The van der Waals surface area contributed by atoms with Crippen molar-refractivity contribution in [3.05, 3.63) is 52.3 Å². The molecule has 2 aromatic rings. The molecule has 1 aromatic carbocycles. The predicted octanol–water partition coefficient (Wildman–Crippen LogP) is 0.637. The number of β-amino-alcohol motifs (C(OH)–C–C–N with tert-alkyl or cyclic N) is 1. The summed E-state index contributed by atoms with van der Waals surface area (Å²) in [5.41, 5.74) is 1.12. The summed E-state index contributed by atoms with van der Waals surface area (Å²) in [5, 5.41) is 16.0. The Morgan fingerprint density at radius 3 is 2.40 bits per heavy atom. The summed E-state index contributed by atoms with van der Waals surface area (Å²) in [4.78, 5) is 30.7. The van der Waals surface area contributed by atoms with Crippen LogP contribution < -0.4 is 0 Å². The number of benzene rings is 1. The number of piperazine rings is 1. The fraction of sp³-hybridized carbons (Fsp3) is 0.450. The summed E-state index contributed by atoms with van der Waals surface area (Å²) in [6.45, 7) is 3.51. The highest BCUT2D eigenvalue weighted by Gasteiger charge is 2.32. The number of aromatic amines is 1. The Balaban J connectivity index is 1.46. The fourth-order valence-corrected chi connectivity index (χ4v) is 3.99. The van der Waals surface area contributed by atoms with E-state index < -0.39 is 23.1 Å². The van der Waals surface area contributed by atoms with E-state index in [1.807, 2.05) is 0 Å². The van der Waals surface area contributed by atoms with Gasteiger partial charge in [-0.25, -0.2) is 8.78 Å². The van der Waals surface area contributed by atoms with Gasteiger partial charge in [-0.15, -0.1) is 0 Å². The number of nitrogens with zero attached hydrogens (tertiary/aromatic N) is 4. The molecule has 2 amide bonds. The van der Waals surface area contributed by atoms with Crippen molar-refractivity contribution < 1.29 is 23.5 Å². The Bertz CT molecular complexity index is 936. The van der Waals surface area contributed by atoms with Crippen LogP contribution in [0.3, 0.4) is 0 Å². The first-order valence-corrected chi connectivity index (χ1v) is 9.91. The Kier molecular flexibility index (Phi) is 5.78. The van der Waals surface area contributed by atoms with Crippen LogP contribution in [0.15, 0.2) is 18.2 Å². The summed E-state index contributed by atoms with van der Waals surface area (Å²) in [7, 11) is 0. The molecule has 0 radical (unpaired) electrons. The molecule has 0 aliphatic carbocycles. The minimum atomic E-state index is -0.897. The molecule has 0 atom stereocenters. The summed E-state index contributed by atoms with van der Waals surface area (Å²) >= 11 is 0. The van der Waals surface area contributed by atoms with Gasteiger partial charge in [0.15, 0.2) is 5.69 Å². The molecule has 0 saturated carbocycles. The third-order valence-corrected chi connectivity index (χ3v) is 5.68.